The van der Waals surface area contributed by atoms with Crippen LogP contribution in [-0.2, 0) is 0 Å². The van der Waals surface area contributed by atoms with Crippen molar-refractivity contribution in [1.29, 1.82) is 5.26 Å². The number of carbonyl (C=O) groups excluding carboxylic acids is 1. The summed E-state index contributed by atoms with van der Waals surface area (Å²) in [4.78, 5) is 13.6. The van der Waals surface area contributed by atoms with E-state index >= 15 is 0 Å². The van der Waals surface area contributed by atoms with Crippen LogP contribution in [0.4, 0.5) is 0 Å². The normalized spacial score (nSPS) is 15.0. The van der Waals surface area contributed by atoms with Gasteiger partial charge in [-0.1, -0.05) is 26.0 Å². The fourth-order valence-electron chi connectivity index (χ4n) is 3.36. The van der Waals surface area contributed by atoms with Crippen LogP contribution in [0.5, 0.6) is 17.2 Å². The van der Waals surface area contributed by atoms with E-state index in [1.54, 1.807) is 53.8 Å². The van der Waals surface area contributed by atoms with Crippen molar-refractivity contribution in [3.63, 3.8) is 0 Å². The highest BCUT2D eigenvalue weighted by molar-refractivity contribution is 7.10. The predicted octanol–water partition coefficient (Wildman–Crippen LogP) is 5.22. The van der Waals surface area contributed by atoms with Crippen LogP contribution in [0.1, 0.15) is 40.6 Å². The number of nitrogens with two attached hydrogens (primary N) is 1. The molecule has 1 unspecified atom stereocenters. The molecule has 1 atom stereocenters. The number of benzene rings is 2. The molecular weight excluding hydrogens is 424 g/mol. The number of esters is 1. The first kappa shape index (κ1) is 21.5. The first-order valence-corrected chi connectivity index (χ1v) is 11.0. The first-order chi connectivity index (χ1) is 15.5. The minimum Gasteiger partial charge on any atom is -0.493 e. The molecule has 0 saturated heterocycles. The van der Waals surface area contributed by atoms with Crippen LogP contribution >= 0.6 is 11.3 Å². The standard InChI is InChI=1S/C25H22N2O4S/c1-15(2)14-29-17-7-5-16(6-8-17)25(28)30-18-9-10-19-21(12-18)31-24(27)20(13-26)23(19)22-4-3-11-32-22/h3-12,15,23H,14,27H2,1-2H3. The third-order valence-corrected chi connectivity index (χ3v) is 5.84. The number of hydrogen-bond donors (Lipinski definition) is 1. The Balaban J connectivity index is 1.53. The maximum Gasteiger partial charge on any atom is 0.343 e. The van der Waals surface area contributed by atoms with Crippen molar-refractivity contribution in [2.24, 2.45) is 11.7 Å². The van der Waals surface area contributed by atoms with Gasteiger partial charge in [-0.2, -0.15) is 5.26 Å². The molecule has 0 spiro atoms. The maximum atomic E-state index is 12.6. The van der Waals surface area contributed by atoms with Crippen LogP contribution in [0, 0.1) is 17.2 Å². The zero-order chi connectivity index (χ0) is 22.7. The summed E-state index contributed by atoms with van der Waals surface area (Å²) < 4.78 is 16.9. The van der Waals surface area contributed by atoms with Crippen LogP contribution in [0.15, 0.2) is 71.4 Å². The summed E-state index contributed by atoms with van der Waals surface area (Å²) in [6.45, 7) is 4.75. The Hall–Kier alpha value is -3.76. The van der Waals surface area contributed by atoms with E-state index in [9.17, 15) is 10.1 Å². The molecule has 0 saturated carbocycles. The quantitative estimate of drug-likeness (QED) is 0.412. The van der Waals surface area contributed by atoms with E-state index in [0.717, 1.165) is 10.4 Å². The van der Waals surface area contributed by atoms with Crippen LogP contribution in [0.3, 0.4) is 0 Å². The van der Waals surface area contributed by atoms with Crippen LogP contribution in [0.2, 0.25) is 0 Å². The van der Waals surface area contributed by atoms with E-state index in [2.05, 4.69) is 19.9 Å². The fourth-order valence-corrected chi connectivity index (χ4v) is 4.22. The molecule has 0 amide bonds. The van der Waals surface area contributed by atoms with Gasteiger partial charge >= 0.3 is 5.97 Å². The van der Waals surface area contributed by atoms with E-state index in [-0.39, 0.29) is 11.8 Å². The summed E-state index contributed by atoms with van der Waals surface area (Å²) in [6.07, 6.45) is 0. The molecule has 0 fully saturated rings. The third kappa shape index (κ3) is 4.46. The van der Waals surface area contributed by atoms with Crippen molar-refractivity contribution >= 4 is 17.3 Å². The third-order valence-electron chi connectivity index (χ3n) is 4.90. The van der Waals surface area contributed by atoms with Crippen molar-refractivity contribution in [3.8, 4) is 23.3 Å². The lowest BCUT2D eigenvalue weighted by molar-refractivity contribution is 0.0734. The zero-order valence-electron chi connectivity index (χ0n) is 17.7. The summed E-state index contributed by atoms with van der Waals surface area (Å²) in [5, 5.41) is 11.5. The van der Waals surface area contributed by atoms with Gasteiger partial charge in [0.25, 0.3) is 0 Å². The summed E-state index contributed by atoms with van der Waals surface area (Å²) in [5.74, 6) is 1.15. The van der Waals surface area contributed by atoms with Gasteiger partial charge in [0.15, 0.2) is 0 Å². The summed E-state index contributed by atoms with van der Waals surface area (Å²) in [6, 6.07) is 18.0. The second-order valence-corrected chi connectivity index (χ2v) is 8.74. The number of fused-ring (bicyclic) bond motifs is 1. The number of rotatable bonds is 6. The topological polar surface area (TPSA) is 94.6 Å². The molecule has 32 heavy (non-hydrogen) atoms. The van der Waals surface area contributed by atoms with Crippen LogP contribution in [-0.4, -0.2) is 12.6 Å². The van der Waals surface area contributed by atoms with Crippen molar-refractivity contribution in [1.82, 2.24) is 0 Å². The molecule has 2 N–H and O–H groups in total. The zero-order valence-corrected chi connectivity index (χ0v) is 18.5. The lowest BCUT2D eigenvalue weighted by Crippen LogP contribution is -2.20. The lowest BCUT2D eigenvalue weighted by atomic mass is 9.88. The van der Waals surface area contributed by atoms with Gasteiger partial charge in [0.05, 0.1) is 18.1 Å². The van der Waals surface area contributed by atoms with Crippen molar-refractivity contribution in [2.75, 3.05) is 6.61 Å². The second-order valence-electron chi connectivity index (χ2n) is 7.76. The molecule has 7 heteroatoms. The minimum absolute atomic E-state index is 0.0545. The molecule has 1 aromatic heterocycles. The largest absolute Gasteiger partial charge is 0.493 e. The van der Waals surface area contributed by atoms with Gasteiger partial charge in [0, 0.05) is 16.5 Å². The molecule has 3 aromatic rings. The molecule has 0 bridgehead atoms. The number of nitriles is 1. The fraction of sp³-hybridized carbons (Fsp3) is 0.200. The monoisotopic (exact) mass is 446 g/mol. The molecule has 4 rings (SSSR count). The first-order valence-electron chi connectivity index (χ1n) is 10.2. The van der Waals surface area contributed by atoms with E-state index in [1.807, 2.05) is 17.5 Å². The molecule has 2 heterocycles. The van der Waals surface area contributed by atoms with Gasteiger partial charge in [-0.05, 0) is 47.7 Å². The van der Waals surface area contributed by atoms with E-state index in [0.29, 0.717) is 40.9 Å². The Morgan fingerprint density at radius 3 is 2.59 bits per heavy atom. The molecule has 0 radical (unpaired) electrons. The average Bonchev–Trinajstić information content (AvgIpc) is 3.31. The maximum absolute atomic E-state index is 12.6. The Morgan fingerprint density at radius 2 is 1.94 bits per heavy atom. The van der Waals surface area contributed by atoms with Gasteiger partial charge in [-0.3, -0.25) is 0 Å². The second kappa shape index (κ2) is 9.16. The highest BCUT2D eigenvalue weighted by Crippen LogP contribution is 2.44. The molecular formula is C25H22N2O4S. The predicted molar refractivity (Wildman–Crippen MR) is 122 cm³/mol. The number of nitrogens with zero attached hydrogens (tertiary/aromatic N) is 1. The van der Waals surface area contributed by atoms with E-state index in [1.165, 1.54) is 0 Å². The smallest absolute Gasteiger partial charge is 0.343 e. The van der Waals surface area contributed by atoms with Gasteiger partial charge in [-0.25, -0.2) is 4.79 Å². The van der Waals surface area contributed by atoms with Gasteiger partial charge in [0.2, 0.25) is 5.88 Å². The van der Waals surface area contributed by atoms with Crippen molar-refractivity contribution < 1.29 is 19.0 Å². The van der Waals surface area contributed by atoms with E-state index in [4.69, 9.17) is 19.9 Å². The molecule has 6 nitrogen and oxygen atoms in total. The summed E-state index contributed by atoms with van der Waals surface area (Å²) in [7, 11) is 0. The number of ether oxygens (including phenoxy) is 3. The summed E-state index contributed by atoms with van der Waals surface area (Å²) in [5.41, 5.74) is 7.59. The van der Waals surface area contributed by atoms with Crippen LogP contribution in [0.25, 0.3) is 0 Å². The number of hydrogen-bond acceptors (Lipinski definition) is 7. The number of allylic oxidation sites excluding steroid dienone is 1. The Morgan fingerprint density at radius 1 is 1.19 bits per heavy atom. The Kier molecular flexibility index (Phi) is 6.15. The molecule has 1 aliphatic rings. The Labute approximate surface area is 190 Å². The molecule has 0 aliphatic carbocycles. The van der Waals surface area contributed by atoms with Crippen molar-refractivity contribution in [3.05, 3.63) is 87.4 Å². The van der Waals surface area contributed by atoms with Gasteiger partial charge < -0.3 is 19.9 Å². The van der Waals surface area contributed by atoms with Gasteiger partial charge in [0.1, 0.15) is 28.9 Å². The number of carbonyl (C=O) groups is 1. The Bertz CT molecular complexity index is 1190. The van der Waals surface area contributed by atoms with Crippen molar-refractivity contribution in [2.45, 2.75) is 19.8 Å². The minimum atomic E-state index is -0.493. The highest BCUT2D eigenvalue weighted by Gasteiger charge is 2.31. The lowest BCUT2D eigenvalue weighted by Gasteiger charge is -2.25. The molecule has 1 aliphatic heterocycles. The average molecular weight is 447 g/mol. The van der Waals surface area contributed by atoms with Gasteiger partial charge in [-0.15, -0.1) is 11.3 Å². The van der Waals surface area contributed by atoms with E-state index < -0.39 is 5.97 Å². The highest BCUT2D eigenvalue weighted by atomic mass is 32.1. The van der Waals surface area contributed by atoms with Crippen LogP contribution < -0.4 is 19.9 Å². The number of thiophene rings is 1. The molecule has 162 valence electrons. The summed E-state index contributed by atoms with van der Waals surface area (Å²) >= 11 is 1.54. The molecule has 2 aromatic carbocycles. The SMILES string of the molecule is CC(C)COc1ccc(C(=O)Oc2ccc3c(c2)OC(N)=C(C#N)C3c2cccs2)cc1.